The van der Waals surface area contributed by atoms with Crippen LogP contribution in [0.1, 0.15) is 18.4 Å². The van der Waals surface area contributed by atoms with E-state index in [0.717, 1.165) is 0 Å². The fraction of sp³-hybridized carbons (Fsp3) is 0.231. The van der Waals surface area contributed by atoms with Crippen LogP contribution in [-0.4, -0.2) is 0 Å². The first-order chi connectivity index (χ1) is 6.37. The van der Waals surface area contributed by atoms with Gasteiger partial charge in [-0.25, -0.2) is 0 Å². The lowest BCUT2D eigenvalue weighted by atomic mass is 9.97. The molecule has 0 amide bonds. The molecule has 64 valence electrons. The van der Waals surface area contributed by atoms with E-state index < -0.39 is 0 Å². The van der Waals surface area contributed by atoms with Crippen LogP contribution in [-0.2, 0) is 5.41 Å². The molecule has 0 aromatic heterocycles. The van der Waals surface area contributed by atoms with Crippen LogP contribution < -0.4 is 0 Å². The van der Waals surface area contributed by atoms with Gasteiger partial charge in [0.2, 0.25) is 0 Å². The highest BCUT2D eigenvalue weighted by molar-refractivity contribution is 5.42. The summed E-state index contributed by atoms with van der Waals surface area (Å²) >= 11 is 0. The number of hydrogen-bond donors (Lipinski definition) is 0. The van der Waals surface area contributed by atoms with Crippen LogP contribution in [0.25, 0.3) is 0 Å². The van der Waals surface area contributed by atoms with E-state index in [1.807, 2.05) is 6.07 Å². The standard InChI is InChI=1S/C13H12/c1-2-3-9-13(10-11-13)12-7-5-4-6-8-12/h2,4-8H,1,10-11H2. The molecule has 13 heavy (non-hydrogen) atoms. The Labute approximate surface area is 79.3 Å². The van der Waals surface area contributed by atoms with Crippen molar-refractivity contribution in [1.29, 1.82) is 0 Å². The van der Waals surface area contributed by atoms with Gasteiger partial charge >= 0.3 is 0 Å². The molecule has 0 unspecified atom stereocenters. The van der Waals surface area contributed by atoms with Crippen LogP contribution in [0.4, 0.5) is 0 Å². The SMILES string of the molecule is C=CC#CC1(c2ccccc2)CC1. The summed E-state index contributed by atoms with van der Waals surface area (Å²) < 4.78 is 0. The van der Waals surface area contributed by atoms with Gasteiger partial charge in [-0.3, -0.25) is 0 Å². The molecule has 1 aliphatic carbocycles. The molecular formula is C13H12. The second-order valence-corrected chi connectivity index (χ2v) is 3.42. The van der Waals surface area contributed by atoms with E-state index in [2.05, 4.69) is 42.7 Å². The van der Waals surface area contributed by atoms with Crippen molar-refractivity contribution in [1.82, 2.24) is 0 Å². The number of hydrogen-bond acceptors (Lipinski definition) is 0. The van der Waals surface area contributed by atoms with Gasteiger partial charge in [0.1, 0.15) is 0 Å². The van der Waals surface area contributed by atoms with Crippen molar-refractivity contribution < 1.29 is 0 Å². The van der Waals surface area contributed by atoms with E-state index in [9.17, 15) is 0 Å². The predicted molar refractivity (Wildman–Crippen MR) is 55.3 cm³/mol. The summed E-state index contributed by atoms with van der Waals surface area (Å²) in [7, 11) is 0. The summed E-state index contributed by atoms with van der Waals surface area (Å²) in [4.78, 5) is 0. The van der Waals surface area contributed by atoms with Crippen molar-refractivity contribution in [3.63, 3.8) is 0 Å². The van der Waals surface area contributed by atoms with E-state index in [4.69, 9.17) is 0 Å². The zero-order valence-corrected chi connectivity index (χ0v) is 7.59. The van der Waals surface area contributed by atoms with Gasteiger partial charge in [-0.05, 0) is 24.5 Å². The number of rotatable bonds is 1. The Morgan fingerprint density at radius 3 is 2.46 bits per heavy atom. The van der Waals surface area contributed by atoms with Gasteiger partial charge in [0.15, 0.2) is 0 Å². The molecule has 2 rings (SSSR count). The molecule has 1 aromatic carbocycles. The minimum atomic E-state index is 0.162. The van der Waals surface area contributed by atoms with Crippen molar-refractivity contribution in [2.24, 2.45) is 0 Å². The van der Waals surface area contributed by atoms with Crippen molar-refractivity contribution in [3.05, 3.63) is 48.6 Å². The Kier molecular flexibility index (Phi) is 1.94. The van der Waals surface area contributed by atoms with Crippen LogP contribution in [0.15, 0.2) is 43.0 Å². The monoisotopic (exact) mass is 168 g/mol. The molecule has 0 heteroatoms. The fourth-order valence-electron chi connectivity index (χ4n) is 1.56. The second kappa shape index (κ2) is 3.11. The number of benzene rings is 1. The molecule has 0 N–H and O–H groups in total. The maximum atomic E-state index is 3.61. The van der Waals surface area contributed by atoms with Gasteiger partial charge in [-0.2, -0.15) is 0 Å². The van der Waals surface area contributed by atoms with E-state index in [1.54, 1.807) is 6.08 Å². The lowest BCUT2D eigenvalue weighted by molar-refractivity contribution is 0.930. The van der Waals surface area contributed by atoms with E-state index >= 15 is 0 Å². The molecule has 0 radical (unpaired) electrons. The minimum absolute atomic E-state index is 0.162. The van der Waals surface area contributed by atoms with E-state index in [1.165, 1.54) is 18.4 Å². The van der Waals surface area contributed by atoms with Crippen molar-refractivity contribution in [2.45, 2.75) is 18.3 Å². The quantitative estimate of drug-likeness (QED) is 0.565. The summed E-state index contributed by atoms with van der Waals surface area (Å²) in [5.74, 6) is 6.23. The maximum Gasteiger partial charge on any atom is 0.0567 e. The number of allylic oxidation sites excluding steroid dienone is 1. The Hall–Kier alpha value is -1.48. The Morgan fingerprint density at radius 2 is 1.92 bits per heavy atom. The average Bonchev–Trinajstić information content (AvgIpc) is 2.97. The Morgan fingerprint density at radius 1 is 1.23 bits per heavy atom. The lowest BCUT2D eigenvalue weighted by Gasteiger charge is -2.06. The van der Waals surface area contributed by atoms with Crippen LogP contribution in [0.5, 0.6) is 0 Å². The molecule has 1 fully saturated rings. The summed E-state index contributed by atoms with van der Waals surface area (Å²) in [5, 5.41) is 0. The first-order valence-electron chi connectivity index (χ1n) is 4.56. The van der Waals surface area contributed by atoms with Gasteiger partial charge in [0, 0.05) is 0 Å². The third-order valence-electron chi connectivity index (χ3n) is 2.49. The molecule has 1 aliphatic rings. The molecule has 1 aromatic rings. The first kappa shape index (κ1) is 8.13. The lowest BCUT2D eigenvalue weighted by Crippen LogP contribution is -2.01. The van der Waals surface area contributed by atoms with Crippen molar-refractivity contribution in [2.75, 3.05) is 0 Å². The third-order valence-corrected chi connectivity index (χ3v) is 2.49. The van der Waals surface area contributed by atoms with Crippen LogP contribution in [0, 0.1) is 11.8 Å². The predicted octanol–water partition coefficient (Wildman–Crippen LogP) is 2.91. The molecule has 1 saturated carbocycles. The fourth-order valence-corrected chi connectivity index (χ4v) is 1.56. The van der Waals surface area contributed by atoms with E-state index in [0.29, 0.717) is 0 Å². The Balaban J connectivity index is 2.31. The van der Waals surface area contributed by atoms with Gasteiger partial charge in [-0.1, -0.05) is 48.8 Å². The van der Waals surface area contributed by atoms with Gasteiger partial charge in [0.25, 0.3) is 0 Å². The summed E-state index contributed by atoms with van der Waals surface area (Å²) in [6.07, 6.45) is 4.05. The molecular weight excluding hydrogens is 156 g/mol. The summed E-state index contributed by atoms with van der Waals surface area (Å²) in [6.45, 7) is 3.61. The second-order valence-electron chi connectivity index (χ2n) is 3.42. The van der Waals surface area contributed by atoms with Crippen molar-refractivity contribution in [3.8, 4) is 11.8 Å². The van der Waals surface area contributed by atoms with Gasteiger partial charge in [0.05, 0.1) is 5.41 Å². The van der Waals surface area contributed by atoms with Gasteiger partial charge in [-0.15, -0.1) is 0 Å². The maximum absolute atomic E-state index is 3.61. The largest absolute Gasteiger partial charge is 0.0907 e. The highest BCUT2D eigenvalue weighted by atomic mass is 14.4. The first-order valence-corrected chi connectivity index (χ1v) is 4.56. The molecule has 0 spiro atoms. The summed E-state index contributed by atoms with van der Waals surface area (Å²) in [5.41, 5.74) is 1.51. The van der Waals surface area contributed by atoms with E-state index in [-0.39, 0.29) is 5.41 Å². The van der Waals surface area contributed by atoms with Crippen LogP contribution in [0.3, 0.4) is 0 Å². The zero-order valence-electron chi connectivity index (χ0n) is 7.59. The smallest absolute Gasteiger partial charge is 0.0567 e. The Bertz CT molecular complexity index is 358. The third kappa shape index (κ3) is 1.51. The molecule has 0 saturated heterocycles. The molecule has 0 bridgehead atoms. The minimum Gasteiger partial charge on any atom is -0.0907 e. The van der Waals surface area contributed by atoms with Gasteiger partial charge < -0.3 is 0 Å². The van der Waals surface area contributed by atoms with Crippen molar-refractivity contribution >= 4 is 0 Å². The van der Waals surface area contributed by atoms with Crippen LogP contribution in [0.2, 0.25) is 0 Å². The molecule has 0 atom stereocenters. The average molecular weight is 168 g/mol. The molecule has 0 aliphatic heterocycles. The highest BCUT2D eigenvalue weighted by Gasteiger charge is 2.42. The molecule has 0 heterocycles. The highest BCUT2D eigenvalue weighted by Crippen LogP contribution is 2.47. The molecule has 0 nitrogen and oxygen atoms in total. The zero-order chi connectivity index (χ0) is 9.15. The summed E-state index contributed by atoms with van der Waals surface area (Å²) in [6, 6.07) is 10.5. The van der Waals surface area contributed by atoms with Crippen LogP contribution >= 0.6 is 0 Å². The topological polar surface area (TPSA) is 0 Å². The normalized spacial score (nSPS) is 16.9.